The lowest BCUT2D eigenvalue weighted by molar-refractivity contribution is -0.149. The zero-order valence-corrected chi connectivity index (χ0v) is 15.3. The third-order valence-corrected chi connectivity index (χ3v) is 4.06. The molecule has 2 rings (SSSR count). The van der Waals surface area contributed by atoms with Crippen LogP contribution in [0.3, 0.4) is 0 Å². The molecule has 1 amide bonds. The quantitative estimate of drug-likeness (QED) is 0.765. The molecule has 0 bridgehead atoms. The summed E-state index contributed by atoms with van der Waals surface area (Å²) in [5.41, 5.74) is -0.265. The number of carbonyl (C=O) groups is 2. The molecule has 0 saturated heterocycles. The van der Waals surface area contributed by atoms with Crippen LogP contribution in [0.15, 0.2) is 30.3 Å². The van der Waals surface area contributed by atoms with E-state index in [1.54, 1.807) is 45.9 Å². The second kappa shape index (κ2) is 6.86. The molecule has 0 spiro atoms. The first kappa shape index (κ1) is 19.0. The Bertz CT molecular complexity index is 690. The molecule has 0 aliphatic carbocycles. The van der Waals surface area contributed by atoms with E-state index in [1.807, 2.05) is 0 Å². The predicted octanol–water partition coefficient (Wildman–Crippen LogP) is 3.64. The number of halogens is 1. The Kier molecular flexibility index (Phi) is 5.20. The van der Waals surface area contributed by atoms with Gasteiger partial charge in [0, 0.05) is 13.1 Å². The van der Waals surface area contributed by atoms with Crippen LogP contribution in [0.25, 0.3) is 5.57 Å². The van der Waals surface area contributed by atoms with E-state index < -0.39 is 23.1 Å². The second-order valence-electron chi connectivity index (χ2n) is 7.31. The molecule has 1 aliphatic heterocycles. The Morgan fingerprint density at radius 1 is 1.20 bits per heavy atom. The molecular formula is C19H24FNO4. The van der Waals surface area contributed by atoms with Crippen LogP contribution < -0.4 is 0 Å². The maximum atomic E-state index is 13.2. The Labute approximate surface area is 147 Å². The fourth-order valence-electron chi connectivity index (χ4n) is 2.89. The zero-order valence-electron chi connectivity index (χ0n) is 15.3. The summed E-state index contributed by atoms with van der Waals surface area (Å²) >= 11 is 0. The minimum absolute atomic E-state index is 0.123. The van der Waals surface area contributed by atoms with Crippen molar-refractivity contribution in [2.24, 2.45) is 5.41 Å². The molecule has 136 valence electrons. The summed E-state index contributed by atoms with van der Waals surface area (Å²) in [6.07, 6.45) is 1.30. The average Bonchev–Trinajstić information content (AvgIpc) is 2.53. The van der Waals surface area contributed by atoms with Crippen LogP contribution in [-0.2, 0) is 14.3 Å². The lowest BCUT2D eigenvalue weighted by Gasteiger charge is -2.39. The zero-order chi connectivity index (χ0) is 18.8. The topological polar surface area (TPSA) is 55.8 Å². The van der Waals surface area contributed by atoms with E-state index >= 15 is 0 Å². The van der Waals surface area contributed by atoms with Crippen LogP contribution >= 0.6 is 0 Å². The smallest absolute Gasteiger partial charge is 0.410 e. The van der Waals surface area contributed by atoms with Crippen LogP contribution in [-0.4, -0.2) is 42.8 Å². The lowest BCUT2D eigenvalue weighted by atomic mass is 9.76. The van der Waals surface area contributed by atoms with Gasteiger partial charge in [0.2, 0.25) is 0 Å². The minimum Gasteiger partial charge on any atom is -0.468 e. The molecule has 0 N–H and O–H groups in total. The fraction of sp³-hybridized carbons (Fsp3) is 0.474. The molecule has 1 unspecified atom stereocenters. The maximum absolute atomic E-state index is 13.2. The van der Waals surface area contributed by atoms with Gasteiger partial charge in [-0.3, -0.25) is 4.79 Å². The molecule has 1 aliphatic rings. The molecule has 0 aromatic heterocycles. The number of benzene rings is 1. The van der Waals surface area contributed by atoms with Gasteiger partial charge < -0.3 is 14.4 Å². The summed E-state index contributed by atoms with van der Waals surface area (Å²) in [5.74, 6) is -0.813. The molecule has 0 fully saturated rings. The lowest BCUT2D eigenvalue weighted by Crippen LogP contribution is -2.49. The molecule has 0 saturated carbocycles. The second-order valence-corrected chi connectivity index (χ2v) is 7.31. The van der Waals surface area contributed by atoms with Crippen molar-refractivity contribution < 1.29 is 23.5 Å². The fourth-order valence-corrected chi connectivity index (χ4v) is 2.89. The largest absolute Gasteiger partial charge is 0.468 e. The first-order valence-corrected chi connectivity index (χ1v) is 8.10. The van der Waals surface area contributed by atoms with Crippen molar-refractivity contribution in [3.63, 3.8) is 0 Å². The molecule has 1 heterocycles. The van der Waals surface area contributed by atoms with E-state index in [-0.39, 0.29) is 12.4 Å². The highest BCUT2D eigenvalue weighted by Crippen LogP contribution is 2.40. The van der Waals surface area contributed by atoms with Crippen molar-refractivity contribution in [2.45, 2.75) is 33.3 Å². The summed E-state index contributed by atoms with van der Waals surface area (Å²) in [7, 11) is 1.31. The minimum atomic E-state index is -1.07. The number of amides is 1. The molecule has 6 heteroatoms. The number of ether oxygens (including phenoxy) is 2. The van der Waals surface area contributed by atoms with Gasteiger partial charge in [-0.15, -0.1) is 0 Å². The summed E-state index contributed by atoms with van der Waals surface area (Å²) in [4.78, 5) is 26.3. The third-order valence-electron chi connectivity index (χ3n) is 4.06. The summed E-state index contributed by atoms with van der Waals surface area (Å²) in [5, 5.41) is 0. The number of esters is 1. The molecule has 1 aromatic rings. The third kappa shape index (κ3) is 4.18. The van der Waals surface area contributed by atoms with Crippen LogP contribution in [0.4, 0.5) is 9.18 Å². The molecule has 0 radical (unpaired) electrons. The summed E-state index contributed by atoms with van der Waals surface area (Å²) in [6, 6.07) is 5.92. The van der Waals surface area contributed by atoms with Crippen LogP contribution in [0.1, 0.15) is 33.3 Å². The van der Waals surface area contributed by atoms with E-state index in [9.17, 15) is 14.0 Å². The molecule has 1 atom stereocenters. The first-order valence-electron chi connectivity index (χ1n) is 8.10. The van der Waals surface area contributed by atoms with Crippen molar-refractivity contribution in [3.05, 3.63) is 41.7 Å². The van der Waals surface area contributed by atoms with Crippen molar-refractivity contribution in [3.8, 4) is 0 Å². The van der Waals surface area contributed by atoms with Gasteiger partial charge in [-0.25, -0.2) is 9.18 Å². The van der Waals surface area contributed by atoms with E-state index in [4.69, 9.17) is 9.47 Å². The van der Waals surface area contributed by atoms with Crippen molar-refractivity contribution >= 4 is 17.6 Å². The van der Waals surface area contributed by atoms with Crippen LogP contribution in [0.5, 0.6) is 0 Å². The first-order chi connectivity index (χ1) is 11.6. The number of methoxy groups -OCH3 is 1. The van der Waals surface area contributed by atoms with Gasteiger partial charge in [0.15, 0.2) is 0 Å². The summed E-state index contributed by atoms with van der Waals surface area (Å²) in [6.45, 7) is 7.49. The van der Waals surface area contributed by atoms with E-state index in [1.165, 1.54) is 24.1 Å². The normalized spacial score (nSPS) is 20.7. The Balaban J connectivity index is 2.37. The van der Waals surface area contributed by atoms with Crippen molar-refractivity contribution in [1.29, 1.82) is 0 Å². The van der Waals surface area contributed by atoms with Gasteiger partial charge in [0.25, 0.3) is 0 Å². The predicted molar refractivity (Wildman–Crippen MR) is 92.3 cm³/mol. The number of rotatable bonds is 2. The standard InChI is InChI=1S/C19H24FNO4/c1-18(2,3)25-17(23)21-11-10-15(13-6-8-14(20)9-7-13)19(4,12-21)16(22)24-5/h6-10H,11-12H2,1-5H3. The monoisotopic (exact) mass is 349 g/mol. The average molecular weight is 349 g/mol. The highest BCUT2D eigenvalue weighted by atomic mass is 19.1. The van der Waals surface area contributed by atoms with Gasteiger partial charge in [0.1, 0.15) is 16.8 Å². The van der Waals surface area contributed by atoms with E-state index in [0.717, 1.165) is 5.56 Å². The number of hydrogen-bond acceptors (Lipinski definition) is 4. The van der Waals surface area contributed by atoms with Crippen LogP contribution in [0, 0.1) is 11.2 Å². The van der Waals surface area contributed by atoms with Crippen LogP contribution in [0.2, 0.25) is 0 Å². The number of nitrogens with zero attached hydrogens (tertiary/aromatic N) is 1. The van der Waals surface area contributed by atoms with Crippen molar-refractivity contribution in [2.75, 3.05) is 20.2 Å². The maximum Gasteiger partial charge on any atom is 0.410 e. The van der Waals surface area contributed by atoms with Gasteiger partial charge in [-0.05, 0) is 51.0 Å². The van der Waals surface area contributed by atoms with Gasteiger partial charge in [-0.2, -0.15) is 0 Å². The van der Waals surface area contributed by atoms with Gasteiger partial charge in [0.05, 0.1) is 7.11 Å². The molecule has 25 heavy (non-hydrogen) atoms. The highest BCUT2D eigenvalue weighted by molar-refractivity contribution is 5.94. The summed E-state index contributed by atoms with van der Waals surface area (Å²) < 4.78 is 23.6. The number of hydrogen-bond donors (Lipinski definition) is 0. The highest BCUT2D eigenvalue weighted by Gasteiger charge is 2.44. The van der Waals surface area contributed by atoms with E-state index in [2.05, 4.69) is 0 Å². The van der Waals surface area contributed by atoms with Crippen molar-refractivity contribution in [1.82, 2.24) is 4.90 Å². The Hall–Kier alpha value is -2.37. The molecular weight excluding hydrogens is 325 g/mol. The van der Waals surface area contributed by atoms with E-state index in [0.29, 0.717) is 12.1 Å². The Morgan fingerprint density at radius 2 is 1.80 bits per heavy atom. The molecule has 1 aromatic carbocycles. The molecule has 5 nitrogen and oxygen atoms in total. The number of carbonyl (C=O) groups excluding carboxylic acids is 2. The van der Waals surface area contributed by atoms with Gasteiger partial charge in [-0.1, -0.05) is 18.2 Å². The van der Waals surface area contributed by atoms with Gasteiger partial charge >= 0.3 is 12.1 Å². The SMILES string of the molecule is COC(=O)C1(C)CN(C(=O)OC(C)(C)C)CC=C1c1ccc(F)cc1. The Morgan fingerprint density at radius 3 is 2.32 bits per heavy atom.